The molecule has 0 spiro atoms. The minimum absolute atomic E-state index is 0.117. The fourth-order valence-electron chi connectivity index (χ4n) is 2.61. The lowest BCUT2D eigenvalue weighted by Crippen LogP contribution is -2.52. The van der Waals surface area contributed by atoms with E-state index in [1.165, 1.54) is 11.1 Å². The third-order valence-electron chi connectivity index (χ3n) is 3.69. The molecule has 4 N–H and O–H groups in total. The lowest BCUT2D eigenvalue weighted by atomic mass is 9.95. The molecule has 122 valence electrons. The van der Waals surface area contributed by atoms with Gasteiger partial charge in [0.05, 0.1) is 18.3 Å². The molecule has 22 heavy (non-hydrogen) atoms. The van der Waals surface area contributed by atoms with Crippen molar-refractivity contribution in [2.24, 2.45) is 0 Å². The zero-order valence-electron chi connectivity index (χ0n) is 11.0. The Kier molecular flexibility index (Phi) is 4.39. The number of nitrogens with zero attached hydrogens (tertiary/aromatic N) is 1. The van der Waals surface area contributed by atoms with Crippen LogP contribution in [0.1, 0.15) is 18.0 Å². The zero-order valence-corrected chi connectivity index (χ0v) is 12.6. The Morgan fingerprint density at radius 1 is 1.50 bits per heavy atom. The molecule has 0 bridgehead atoms. The summed E-state index contributed by atoms with van der Waals surface area (Å²) in [6, 6.07) is -2.22. The van der Waals surface area contributed by atoms with Gasteiger partial charge in [-0.15, -0.1) is 0 Å². The molecule has 1 saturated carbocycles. The number of hydrogen-bond donors (Lipinski definition) is 4. The number of alkyl halides is 2. The van der Waals surface area contributed by atoms with E-state index in [0.717, 1.165) is 6.20 Å². The van der Waals surface area contributed by atoms with Crippen molar-refractivity contribution < 1.29 is 24.1 Å². The van der Waals surface area contributed by atoms with Crippen LogP contribution >= 0.6 is 15.9 Å². The fourth-order valence-corrected chi connectivity index (χ4v) is 2.89. The number of aliphatic hydroxyl groups excluding tert-OH is 2. The van der Waals surface area contributed by atoms with E-state index in [2.05, 4.69) is 15.9 Å². The molecule has 1 aliphatic carbocycles. The highest BCUT2D eigenvalue weighted by molar-refractivity contribution is 9.11. The summed E-state index contributed by atoms with van der Waals surface area (Å²) in [7, 11) is 0. The van der Waals surface area contributed by atoms with Crippen LogP contribution in [0.25, 0.3) is 6.08 Å². The molecule has 3 atom stereocenters. The number of nitrogens with one attached hydrogen (secondary N) is 1. The molecule has 1 aromatic heterocycles. The van der Waals surface area contributed by atoms with Crippen LogP contribution in [0.3, 0.4) is 0 Å². The van der Waals surface area contributed by atoms with Crippen molar-refractivity contribution in [2.75, 3.05) is 6.61 Å². The molecule has 2 rings (SSSR count). The minimum atomic E-state index is -3.66. The van der Waals surface area contributed by atoms with Crippen LogP contribution in [-0.4, -0.2) is 49.1 Å². The molecule has 0 radical (unpaired) electrons. The SMILES string of the molecule is O=c1[nH]c(=O)n(C2C(F)(F)CC(O)C2(O)CO)cc1C=CBr. The van der Waals surface area contributed by atoms with Gasteiger partial charge in [0.2, 0.25) is 0 Å². The molecular formula is C12H13BrF2N2O5. The number of aliphatic hydroxyl groups is 3. The van der Waals surface area contributed by atoms with E-state index in [-0.39, 0.29) is 5.56 Å². The van der Waals surface area contributed by atoms with Gasteiger partial charge in [0.25, 0.3) is 11.5 Å². The molecule has 1 aliphatic rings. The van der Waals surface area contributed by atoms with E-state index in [1.54, 1.807) is 0 Å². The number of aromatic amines is 1. The van der Waals surface area contributed by atoms with Gasteiger partial charge in [-0.25, -0.2) is 13.6 Å². The highest BCUT2D eigenvalue weighted by Crippen LogP contribution is 2.49. The highest BCUT2D eigenvalue weighted by atomic mass is 79.9. The number of hydrogen-bond acceptors (Lipinski definition) is 5. The smallest absolute Gasteiger partial charge is 0.328 e. The van der Waals surface area contributed by atoms with Gasteiger partial charge in [-0.3, -0.25) is 14.3 Å². The van der Waals surface area contributed by atoms with Crippen LogP contribution in [-0.2, 0) is 0 Å². The molecule has 0 aromatic carbocycles. The summed E-state index contributed by atoms with van der Waals surface area (Å²) in [4.78, 5) is 26.5. The Morgan fingerprint density at radius 2 is 2.14 bits per heavy atom. The largest absolute Gasteiger partial charge is 0.393 e. The Hall–Kier alpha value is -1.36. The van der Waals surface area contributed by atoms with E-state index in [4.69, 9.17) is 0 Å². The van der Waals surface area contributed by atoms with Gasteiger partial charge >= 0.3 is 5.69 Å². The van der Waals surface area contributed by atoms with Crippen molar-refractivity contribution in [3.8, 4) is 0 Å². The average Bonchev–Trinajstić information content (AvgIpc) is 2.60. The first-order chi connectivity index (χ1) is 10.2. The highest BCUT2D eigenvalue weighted by Gasteiger charge is 2.64. The molecule has 3 unspecified atom stereocenters. The summed E-state index contributed by atoms with van der Waals surface area (Å²) in [5, 5.41) is 29.0. The van der Waals surface area contributed by atoms with E-state index >= 15 is 0 Å². The van der Waals surface area contributed by atoms with Crippen molar-refractivity contribution in [2.45, 2.75) is 30.1 Å². The number of H-pyrrole nitrogens is 1. The summed E-state index contributed by atoms with van der Waals surface area (Å²) >= 11 is 2.92. The maximum Gasteiger partial charge on any atom is 0.328 e. The van der Waals surface area contributed by atoms with Crippen molar-refractivity contribution in [3.63, 3.8) is 0 Å². The van der Waals surface area contributed by atoms with Crippen molar-refractivity contribution in [1.82, 2.24) is 9.55 Å². The van der Waals surface area contributed by atoms with Crippen LogP contribution in [0.15, 0.2) is 20.8 Å². The third kappa shape index (κ3) is 2.56. The predicted molar refractivity (Wildman–Crippen MR) is 75.9 cm³/mol. The summed E-state index contributed by atoms with van der Waals surface area (Å²) < 4.78 is 28.7. The van der Waals surface area contributed by atoms with Crippen LogP contribution < -0.4 is 11.2 Å². The first-order valence-electron chi connectivity index (χ1n) is 6.18. The van der Waals surface area contributed by atoms with Crippen molar-refractivity contribution >= 4 is 22.0 Å². The molecule has 1 aromatic rings. The maximum atomic E-state index is 14.1. The van der Waals surface area contributed by atoms with E-state index in [0.29, 0.717) is 4.57 Å². The molecule has 0 saturated heterocycles. The van der Waals surface area contributed by atoms with Gasteiger partial charge in [0.1, 0.15) is 11.6 Å². The van der Waals surface area contributed by atoms with Gasteiger partial charge in [0, 0.05) is 12.6 Å². The lowest BCUT2D eigenvalue weighted by Gasteiger charge is -2.33. The molecule has 7 nitrogen and oxygen atoms in total. The lowest BCUT2D eigenvalue weighted by molar-refractivity contribution is -0.131. The second kappa shape index (κ2) is 5.69. The quantitative estimate of drug-likeness (QED) is 0.565. The Labute approximate surface area is 130 Å². The second-order valence-electron chi connectivity index (χ2n) is 5.08. The molecule has 1 heterocycles. The van der Waals surface area contributed by atoms with Crippen LogP contribution in [0, 0.1) is 0 Å². The molecule has 10 heteroatoms. The van der Waals surface area contributed by atoms with Gasteiger partial charge in [-0.05, 0) is 11.1 Å². The molecule has 0 amide bonds. The summed E-state index contributed by atoms with van der Waals surface area (Å²) in [5.41, 5.74) is -4.70. The zero-order chi connectivity index (χ0) is 16.7. The maximum absolute atomic E-state index is 14.1. The third-order valence-corrected chi connectivity index (χ3v) is 3.95. The Morgan fingerprint density at radius 3 is 2.68 bits per heavy atom. The summed E-state index contributed by atoms with van der Waals surface area (Å²) in [6.07, 6.45) is -0.984. The van der Waals surface area contributed by atoms with Crippen LogP contribution in [0.4, 0.5) is 8.78 Å². The van der Waals surface area contributed by atoms with Gasteiger partial charge in [-0.2, -0.15) is 0 Å². The number of rotatable bonds is 3. The van der Waals surface area contributed by atoms with Gasteiger partial charge in [0.15, 0.2) is 0 Å². The predicted octanol–water partition coefficient (Wildman–Crippen LogP) is -0.433. The fraction of sp³-hybridized carbons (Fsp3) is 0.500. The summed E-state index contributed by atoms with van der Waals surface area (Å²) in [6.45, 7) is -1.18. The van der Waals surface area contributed by atoms with E-state index in [9.17, 15) is 33.7 Å². The monoisotopic (exact) mass is 382 g/mol. The average molecular weight is 383 g/mol. The van der Waals surface area contributed by atoms with Crippen LogP contribution in [0.5, 0.6) is 0 Å². The molecule has 0 aliphatic heterocycles. The Balaban J connectivity index is 2.70. The number of halogens is 3. The summed E-state index contributed by atoms with van der Waals surface area (Å²) in [5.74, 6) is -3.66. The first kappa shape index (κ1) is 17.0. The van der Waals surface area contributed by atoms with Gasteiger partial charge in [-0.1, -0.05) is 15.9 Å². The van der Waals surface area contributed by atoms with E-state index in [1.807, 2.05) is 4.98 Å². The normalized spacial score (nSPS) is 31.0. The van der Waals surface area contributed by atoms with Gasteiger partial charge < -0.3 is 15.3 Å². The first-order valence-corrected chi connectivity index (χ1v) is 7.10. The topological polar surface area (TPSA) is 116 Å². The molecule has 1 fully saturated rings. The minimum Gasteiger partial charge on any atom is -0.393 e. The number of aromatic nitrogens is 2. The van der Waals surface area contributed by atoms with Crippen molar-refractivity contribution in [3.05, 3.63) is 37.6 Å². The van der Waals surface area contributed by atoms with Crippen LogP contribution in [0.2, 0.25) is 0 Å². The van der Waals surface area contributed by atoms with E-state index < -0.39 is 47.9 Å². The Bertz CT molecular complexity index is 716. The second-order valence-corrected chi connectivity index (χ2v) is 5.61. The molecular weight excluding hydrogens is 370 g/mol. The van der Waals surface area contributed by atoms with Crippen molar-refractivity contribution in [1.29, 1.82) is 0 Å². The standard InChI is InChI=1S/C12H13BrF2N2O5/c13-2-1-6-4-17(10(21)16-8(6)20)9-11(22,5-18)7(19)3-12(9,14)15/h1-2,4,7,9,18-19,22H,3,5H2,(H,16,20,21).